The number of aromatic nitrogens is 1. The molecule has 0 fully saturated rings. The molecule has 0 aliphatic carbocycles. The van der Waals surface area contributed by atoms with Gasteiger partial charge in [-0.15, -0.1) is 11.3 Å². The predicted octanol–water partition coefficient (Wildman–Crippen LogP) is 5.51. The Morgan fingerprint density at radius 3 is 2.63 bits per heavy atom. The van der Waals surface area contributed by atoms with E-state index < -0.39 is 12.0 Å². The summed E-state index contributed by atoms with van der Waals surface area (Å²) in [5.74, 6) is -0.276. The lowest BCUT2D eigenvalue weighted by atomic mass is 9.96. The van der Waals surface area contributed by atoms with Crippen LogP contribution in [0.15, 0.2) is 50.5 Å². The molecule has 0 saturated carbocycles. The summed E-state index contributed by atoms with van der Waals surface area (Å²) in [5, 5.41) is 12.6. The second-order valence-corrected chi connectivity index (χ2v) is 7.56. The zero-order valence-corrected chi connectivity index (χ0v) is 20.6. The van der Waals surface area contributed by atoms with Gasteiger partial charge in [-0.2, -0.15) is 0 Å². The van der Waals surface area contributed by atoms with Crippen LogP contribution in [0.25, 0.3) is 0 Å². The summed E-state index contributed by atoms with van der Waals surface area (Å²) < 4.78 is 19.3. The molecule has 6 nitrogen and oxygen atoms in total. The summed E-state index contributed by atoms with van der Waals surface area (Å²) in [5.41, 5.74) is 1.70. The number of nitrogens with one attached hydrogen (secondary N) is 1. The molecule has 1 unspecified atom stereocenters. The van der Waals surface area contributed by atoms with Gasteiger partial charge in [0.15, 0.2) is 10.8 Å². The number of thiazole rings is 1. The first-order valence-electron chi connectivity index (χ1n) is 8.96. The third-order valence-corrected chi connectivity index (χ3v) is 5.67. The molecule has 10 heteroatoms. The lowest BCUT2D eigenvalue weighted by molar-refractivity contribution is -0.138. The fourth-order valence-corrected chi connectivity index (χ4v) is 4.15. The molecule has 1 aliphatic heterocycles. The van der Waals surface area contributed by atoms with Crippen molar-refractivity contribution in [2.45, 2.75) is 26.8 Å². The molecular formula is C20H21Br2FN4O2S. The second kappa shape index (κ2) is 13.3. The molecule has 2 aromatic rings. The maximum Gasteiger partial charge on any atom is 0.338 e. The first-order valence-corrected chi connectivity index (χ1v) is 11.8. The molecule has 1 aliphatic rings. The van der Waals surface area contributed by atoms with Gasteiger partial charge in [-0.25, -0.2) is 19.4 Å². The number of nitriles is 1. The third kappa shape index (κ3) is 6.20. The lowest BCUT2D eigenvalue weighted by Crippen LogP contribution is -2.34. The summed E-state index contributed by atoms with van der Waals surface area (Å²) in [7, 11) is 0. The van der Waals surface area contributed by atoms with E-state index in [1.54, 1.807) is 19.2 Å². The predicted molar refractivity (Wildman–Crippen MR) is 124 cm³/mol. The van der Waals surface area contributed by atoms with Crippen LogP contribution in [0.2, 0.25) is 0 Å². The highest BCUT2D eigenvalue weighted by atomic mass is 79.9. The Labute approximate surface area is 196 Å². The van der Waals surface area contributed by atoms with Crippen molar-refractivity contribution in [3.05, 3.63) is 61.9 Å². The number of hydrogen-bond acceptors (Lipinski definition) is 7. The molecular weight excluding hydrogens is 539 g/mol. The number of alkyl halides is 1. The number of amidine groups is 1. The zero-order chi connectivity index (χ0) is 22.7. The van der Waals surface area contributed by atoms with E-state index in [2.05, 4.69) is 53.7 Å². The van der Waals surface area contributed by atoms with E-state index in [4.69, 9.17) is 10.00 Å². The quantitative estimate of drug-likeness (QED) is 0.385. The first kappa shape index (κ1) is 25.9. The fraction of sp³-hybridized carbons (Fsp3) is 0.300. The summed E-state index contributed by atoms with van der Waals surface area (Å²) in [6.45, 7) is 9.49. The van der Waals surface area contributed by atoms with Crippen LogP contribution in [-0.2, 0) is 9.53 Å². The summed E-state index contributed by atoms with van der Waals surface area (Å²) >= 11 is 8.24. The maximum atomic E-state index is 13.5. The van der Waals surface area contributed by atoms with Crippen molar-refractivity contribution in [3.63, 3.8) is 0 Å². The molecule has 1 N–H and O–H groups in total. The Balaban J connectivity index is 0.00000106. The monoisotopic (exact) mass is 558 g/mol. The van der Waals surface area contributed by atoms with Crippen molar-refractivity contribution < 1.29 is 13.9 Å². The Morgan fingerprint density at radius 2 is 2.10 bits per heavy atom. The Bertz CT molecular complexity index is 930. The Kier molecular flexibility index (Phi) is 11.5. The molecule has 0 bridgehead atoms. The van der Waals surface area contributed by atoms with Crippen LogP contribution in [0.5, 0.6) is 0 Å². The molecule has 160 valence electrons. The molecule has 0 spiro atoms. The number of nitrogens with zero attached hydrogens (tertiary/aromatic N) is 3. The molecule has 0 radical (unpaired) electrons. The number of hydrogen-bond donors (Lipinski definition) is 1. The summed E-state index contributed by atoms with van der Waals surface area (Å²) in [4.78, 5) is 21.6. The maximum absolute atomic E-state index is 13.5. The average molecular weight is 560 g/mol. The van der Waals surface area contributed by atoms with Crippen molar-refractivity contribution in [1.82, 2.24) is 10.3 Å². The highest BCUT2D eigenvalue weighted by molar-refractivity contribution is 9.10. The highest BCUT2D eigenvalue weighted by Gasteiger charge is 2.33. The number of carbonyl (C=O) groups excluding carboxylic acids is 1. The van der Waals surface area contributed by atoms with Gasteiger partial charge in [0.2, 0.25) is 0 Å². The van der Waals surface area contributed by atoms with E-state index in [0.29, 0.717) is 37.5 Å². The number of esters is 1. The highest BCUT2D eigenvalue weighted by Crippen LogP contribution is 2.37. The number of carbonyl (C=O) groups is 1. The van der Waals surface area contributed by atoms with E-state index in [1.807, 2.05) is 19.2 Å². The number of benzene rings is 1. The number of rotatable bonds is 5. The lowest BCUT2D eigenvalue weighted by Gasteiger charge is -2.26. The largest absolute Gasteiger partial charge is 0.463 e. The average Bonchev–Trinajstić information content (AvgIpc) is 3.31. The van der Waals surface area contributed by atoms with Crippen LogP contribution in [0.4, 0.5) is 4.39 Å². The van der Waals surface area contributed by atoms with E-state index >= 15 is 0 Å². The van der Waals surface area contributed by atoms with Crippen LogP contribution in [0.1, 0.15) is 37.4 Å². The van der Waals surface area contributed by atoms with Crippen LogP contribution < -0.4 is 5.32 Å². The van der Waals surface area contributed by atoms with Gasteiger partial charge in [-0.1, -0.05) is 51.8 Å². The smallest absolute Gasteiger partial charge is 0.338 e. The Hall–Kier alpha value is -2.09. The van der Waals surface area contributed by atoms with Crippen LogP contribution in [0.3, 0.4) is 0 Å². The number of aliphatic imine (C=N–C) groups is 1. The molecule has 0 saturated heterocycles. The molecule has 30 heavy (non-hydrogen) atoms. The minimum Gasteiger partial charge on any atom is -0.463 e. The van der Waals surface area contributed by atoms with Gasteiger partial charge in [0.1, 0.15) is 11.9 Å². The van der Waals surface area contributed by atoms with Crippen molar-refractivity contribution >= 4 is 55.0 Å². The van der Waals surface area contributed by atoms with Crippen LogP contribution >= 0.6 is 43.2 Å². The van der Waals surface area contributed by atoms with Gasteiger partial charge in [0.05, 0.1) is 12.2 Å². The minimum absolute atomic E-state index is 0.248. The molecule has 1 aromatic carbocycles. The van der Waals surface area contributed by atoms with Gasteiger partial charge < -0.3 is 10.1 Å². The summed E-state index contributed by atoms with van der Waals surface area (Å²) in [6.07, 6.45) is 1.69. The van der Waals surface area contributed by atoms with Gasteiger partial charge in [0, 0.05) is 33.6 Å². The first-order chi connectivity index (χ1) is 14.5. The van der Waals surface area contributed by atoms with Gasteiger partial charge >= 0.3 is 5.97 Å². The Morgan fingerprint density at radius 1 is 1.40 bits per heavy atom. The van der Waals surface area contributed by atoms with E-state index in [9.17, 15) is 9.18 Å². The van der Waals surface area contributed by atoms with E-state index in [1.165, 1.54) is 23.5 Å². The van der Waals surface area contributed by atoms with Gasteiger partial charge in [-0.3, -0.25) is 4.99 Å². The van der Waals surface area contributed by atoms with Gasteiger partial charge in [0.25, 0.3) is 0 Å². The number of ether oxygens (including phenoxy) is 1. The molecule has 0 amide bonds. The van der Waals surface area contributed by atoms with Crippen LogP contribution in [-0.4, -0.2) is 28.7 Å². The normalized spacial score (nSPS) is 14.9. The molecule has 2 heterocycles. The topological polar surface area (TPSA) is 87.4 Å². The van der Waals surface area contributed by atoms with E-state index in [-0.39, 0.29) is 12.4 Å². The second-order valence-electron chi connectivity index (χ2n) is 5.25. The fourth-order valence-electron chi connectivity index (χ4n) is 2.55. The third-order valence-electron chi connectivity index (χ3n) is 3.65. The van der Waals surface area contributed by atoms with Gasteiger partial charge in [-0.05, 0) is 24.6 Å². The van der Waals surface area contributed by atoms with Crippen LogP contribution in [0, 0.1) is 17.7 Å². The number of halogens is 3. The standard InChI is InChI=1S/C17H14Br2FN3O2S.C2H6.CHN/c1-2-25-17(24)13-12(8-18)22-15(16-21-5-6-26-16)23-14(13)10-4-3-9(20)7-11(10)19;2*1-2/h3-7,14H,2,8H2,1H3,(H,22,23);1-2H3;1H. The summed E-state index contributed by atoms with van der Waals surface area (Å²) in [6, 6.07) is 3.67. The van der Waals surface area contributed by atoms with Crippen molar-refractivity contribution in [3.8, 4) is 6.57 Å². The molecule has 1 aromatic heterocycles. The SMILES string of the molecule is C#N.CC.CCOC(=O)C1=C(CBr)NC(c2nccs2)=NC1c1ccc(F)cc1Br. The minimum atomic E-state index is -0.642. The van der Waals surface area contributed by atoms with Crippen molar-refractivity contribution in [2.24, 2.45) is 4.99 Å². The number of allylic oxidation sites excluding steroid dienone is 1. The van der Waals surface area contributed by atoms with Crippen molar-refractivity contribution in [2.75, 3.05) is 11.9 Å². The van der Waals surface area contributed by atoms with E-state index in [0.717, 1.165) is 0 Å². The molecule has 1 atom stereocenters. The zero-order valence-electron chi connectivity index (χ0n) is 16.7. The van der Waals surface area contributed by atoms with Crippen molar-refractivity contribution in [1.29, 1.82) is 5.26 Å². The molecule has 3 rings (SSSR count).